The van der Waals surface area contributed by atoms with E-state index in [0.29, 0.717) is 19.0 Å². The number of nitrogens with zero attached hydrogens (tertiary/aromatic N) is 1. The lowest BCUT2D eigenvalue weighted by atomic mass is 9.80. The minimum atomic E-state index is -0.580. The van der Waals surface area contributed by atoms with Crippen molar-refractivity contribution in [3.63, 3.8) is 0 Å². The van der Waals surface area contributed by atoms with Crippen molar-refractivity contribution >= 4 is 29.9 Å². The van der Waals surface area contributed by atoms with Gasteiger partial charge in [0.05, 0.1) is 25.4 Å². The molecule has 0 aromatic heterocycles. The first-order valence-corrected chi connectivity index (χ1v) is 10.2. The Morgan fingerprint density at radius 1 is 1.21 bits per heavy atom. The third-order valence-corrected chi connectivity index (χ3v) is 5.49. The van der Waals surface area contributed by atoms with Gasteiger partial charge >= 0.3 is 0 Å². The molecule has 3 rings (SSSR count). The molecule has 6 nitrogen and oxygen atoms in total. The molecule has 3 N–H and O–H groups in total. The van der Waals surface area contributed by atoms with E-state index in [9.17, 15) is 5.11 Å². The number of rotatable bonds is 8. The van der Waals surface area contributed by atoms with Crippen molar-refractivity contribution in [1.82, 2.24) is 10.6 Å². The van der Waals surface area contributed by atoms with Crippen molar-refractivity contribution in [2.45, 2.75) is 70.1 Å². The molecule has 0 spiro atoms. The lowest BCUT2D eigenvalue weighted by molar-refractivity contribution is -0.0279. The monoisotopic (exact) mass is 503 g/mol. The molecule has 0 saturated heterocycles. The maximum Gasteiger partial charge on any atom is 0.191 e. The quantitative estimate of drug-likeness (QED) is 0.287. The lowest BCUT2D eigenvalue weighted by Gasteiger charge is -2.37. The number of aliphatic hydroxyl groups is 1. The molecule has 0 atom stereocenters. The highest BCUT2D eigenvalue weighted by atomic mass is 127. The number of hydrogen-bond acceptors (Lipinski definition) is 4. The Labute approximate surface area is 185 Å². The van der Waals surface area contributed by atoms with Crippen molar-refractivity contribution in [2.24, 2.45) is 4.99 Å². The van der Waals surface area contributed by atoms with Crippen LogP contribution in [-0.2, 0) is 6.54 Å². The largest absolute Gasteiger partial charge is 0.493 e. The van der Waals surface area contributed by atoms with E-state index in [1.54, 1.807) is 7.11 Å². The minimum absolute atomic E-state index is 0. The summed E-state index contributed by atoms with van der Waals surface area (Å²) < 4.78 is 11.8. The highest BCUT2D eigenvalue weighted by Gasteiger charge is 2.34. The predicted octanol–water partition coefficient (Wildman–Crippen LogP) is 3.60. The Morgan fingerprint density at radius 3 is 2.57 bits per heavy atom. The zero-order valence-corrected chi connectivity index (χ0v) is 19.3. The normalized spacial score (nSPS) is 18.8. The fraction of sp³-hybridized carbons (Fsp3) is 0.667. The van der Waals surface area contributed by atoms with Crippen molar-refractivity contribution in [3.8, 4) is 11.5 Å². The molecule has 0 aliphatic heterocycles. The first-order valence-electron chi connectivity index (χ1n) is 10.2. The fourth-order valence-corrected chi connectivity index (χ4v) is 3.67. The number of hydrogen-bond donors (Lipinski definition) is 3. The summed E-state index contributed by atoms with van der Waals surface area (Å²) in [5, 5.41) is 16.8. The molecule has 0 bridgehead atoms. The second kappa shape index (κ2) is 11.1. The van der Waals surface area contributed by atoms with Gasteiger partial charge in [0.1, 0.15) is 0 Å². The van der Waals surface area contributed by atoms with Crippen LogP contribution in [0.3, 0.4) is 0 Å². The number of guanidine groups is 1. The second-order valence-corrected chi connectivity index (χ2v) is 7.60. The Hall–Kier alpha value is -1.22. The van der Waals surface area contributed by atoms with Gasteiger partial charge in [-0.25, -0.2) is 4.99 Å². The van der Waals surface area contributed by atoms with Crippen LogP contribution in [0.15, 0.2) is 23.2 Å². The second-order valence-electron chi connectivity index (χ2n) is 7.60. The zero-order chi connectivity index (χ0) is 19.1. The van der Waals surface area contributed by atoms with Gasteiger partial charge in [0.25, 0.3) is 0 Å². The lowest BCUT2D eigenvalue weighted by Crippen LogP contribution is -2.50. The molecular formula is C21H34IN3O3. The molecule has 2 saturated carbocycles. The van der Waals surface area contributed by atoms with Gasteiger partial charge in [-0.15, -0.1) is 24.0 Å². The molecule has 2 aliphatic rings. The fourth-order valence-electron chi connectivity index (χ4n) is 3.67. The molecular weight excluding hydrogens is 469 g/mol. The summed E-state index contributed by atoms with van der Waals surface area (Å²) in [6, 6.07) is 5.95. The van der Waals surface area contributed by atoms with E-state index in [2.05, 4.69) is 10.6 Å². The number of ether oxygens (including phenoxy) is 2. The Kier molecular flexibility index (Phi) is 9.14. The van der Waals surface area contributed by atoms with Crippen LogP contribution in [0.4, 0.5) is 0 Å². The van der Waals surface area contributed by atoms with Crippen LogP contribution < -0.4 is 20.1 Å². The van der Waals surface area contributed by atoms with E-state index in [4.69, 9.17) is 14.5 Å². The van der Waals surface area contributed by atoms with E-state index in [1.807, 2.05) is 25.1 Å². The van der Waals surface area contributed by atoms with Gasteiger partial charge in [-0.3, -0.25) is 0 Å². The first kappa shape index (κ1) is 23.1. The Balaban J connectivity index is 0.00000280. The summed E-state index contributed by atoms with van der Waals surface area (Å²) in [5.74, 6) is 2.29. The number of aliphatic imine (C=N–C) groups is 1. The van der Waals surface area contributed by atoms with E-state index >= 15 is 0 Å². The molecule has 158 valence electrons. The van der Waals surface area contributed by atoms with Crippen LogP contribution in [-0.4, -0.2) is 43.0 Å². The third-order valence-electron chi connectivity index (χ3n) is 5.49. The van der Waals surface area contributed by atoms with Gasteiger partial charge in [0.15, 0.2) is 17.5 Å². The van der Waals surface area contributed by atoms with Crippen LogP contribution in [0.2, 0.25) is 0 Å². The Bertz CT molecular complexity index is 644. The minimum Gasteiger partial charge on any atom is -0.493 e. The van der Waals surface area contributed by atoms with Crippen LogP contribution in [0.1, 0.15) is 57.4 Å². The molecule has 2 fully saturated rings. The smallest absolute Gasteiger partial charge is 0.191 e. The SMILES string of the molecule is CCNC(=NCc1cccc(OC)c1OC1CCCC1)NCC1(O)CCC1.I. The summed E-state index contributed by atoms with van der Waals surface area (Å²) in [6.45, 7) is 3.83. The third kappa shape index (κ3) is 6.14. The van der Waals surface area contributed by atoms with Crippen molar-refractivity contribution in [1.29, 1.82) is 0 Å². The average molecular weight is 503 g/mol. The predicted molar refractivity (Wildman–Crippen MR) is 123 cm³/mol. The highest BCUT2D eigenvalue weighted by Crippen LogP contribution is 2.35. The van der Waals surface area contributed by atoms with Crippen LogP contribution in [0, 0.1) is 0 Å². The molecule has 7 heteroatoms. The van der Waals surface area contributed by atoms with Gasteiger partial charge in [-0.2, -0.15) is 0 Å². The van der Waals surface area contributed by atoms with Gasteiger partial charge in [-0.1, -0.05) is 12.1 Å². The van der Waals surface area contributed by atoms with Gasteiger partial charge in [-0.05, 0) is 57.9 Å². The standard InChI is InChI=1S/C21H33N3O3.HI/c1-3-22-20(24-15-21(25)12-7-13-21)23-14-16-8-6-11-18(26-2)19(16)27-17-9-4-5-10-17;/h6,8,11,17,25H,3-5,7,9-10,12-15H2,1-2H3,(H2,22,23,24);1H. The van der Waals surface area contributed by atoms with Crippen molar-refractivity contribution < 1.29 is 14.6 Å². The highest BCUT2D eigenvalue weighted by molar-refractivity contribution is 14.0. The van der Waals surface area contributed by atoms with Gasteiger partial charge in [0.2, 0.25) is 0 Å². The van der Waals surface area contributed by atoms with E-state index in [-0.39, 0.29) is 30.1 Å². The molecule has 0 radical (unpaired) electrons. The average Bonchev–Trinajstić information content (AvgIpc) is 3.16. The van der Waals surface area contributed by atoms with Crippen molar-refractivity contribution in [3.05, 3.63) is 23.8 Å². The summed E-state index contributed by atoms with van der Waals surface area (Å²) in [4.78, 5) is 4.70. The molecule has 28 heavy (non-hydrogen) atoms. The van der Waals surface area contributed by atoms with Gasteiger partial charge in [0, 0.05) is 18.7 Å². The maximum atomic E-state index is 10.3. The molecule has 0 amide bonds. The number of para-hydroxylation sites is 1. The van der Waals surface area contributed by atoms with Gasteiger partial charge < -0.3 is 25.2 Å². The van der Waals surface area contributed by atoms with E-state index < -0.39 is 5.60 Å². The molecule has 0 unspecified atom stereocenters. The molecule has 2 aliphatic carbocycles. The summed E-state index contributed by atoms with van der Waals surface area (Å²) >= 11 is 0. The number of methoxy groups -OCH3 is 1. The topological polar surface area (TPSA) is 75.1 Å². The number of halogens is 1. The number of nitrogens with one attached hydrogen (secondary N) is 2. The van der Waals surface area contributed by atoms with Crippen molar-refractivity contribution in [2.75, 3.05) is 20.2 Å². The molecule has 0 heterocycles. The van der Waals surface area contributed by atoms with Crippen LogP contribution in [0.5, 0.6) is 11.5 Å². The number of benzene rings is 1. The Morgan fingerprint density at radius 2 is 1.96 bits per heavy atom. The van der Waals surface area contributed by atoms with Crippen LogP contribution >= 0.6 is 24.0 Å². The zero-order valence-electron chi connectivity index (χ0n) is 17.0. The molecule has 1 aromatic carbocycles. The van der Waals surface area contributed by atoms with E-state index in [0.717, 1.165) is 55.7 Å². The summed E-state index contributed by atoms with van der Waals surface area (Å²) in [6.07, 6.45) is 7.73. The summed E-state index contributed by atoms with van der Waals surface area (Å²) in [7, 11) is 1.68. The molecule has 1 aromatic rings. The summed E-state index contributed by atoms with van der Waals surface area (Å²) in [5.41, 5.74) is 0.434. The van der Waals surface area contributed by atoms with Crippen LogP contribution in [0.25, 0.3) is 0 Å². The first-order chi connectivity index (χ1) is 13.1. The van der Waals surface area contributed by atoms with E-state index in [1.165, 1.54) is 12.8 Å². The maximum absolute atomic E-state index is 10.3.